The number of benzene rings is 2. The molecule has 0 spiro atoms. The van der Waals surface area contributed by atoms with Gasteiger partial charge < -0.3 is 4.74 Å². The molecule has 3 heterocycles. The highest BCUT2D eigenvalue weighted by atomic mass is 32.2. The number of ether oxygens (including phenoxy) is 1. The van der Waals surface area contributed by atoms with Crippen molar-refractivity contribution in [3.05, 3.63) is 83.6 Å². The van der Waals surface area contributed by atoms with Crippen molar-refractivity contribution >= 4 is 33.0 Å². The number of anilines is 2. The first kappa shape index (κ1) is 26.1. The Labute approximate surface area is 223 Å². The van der Waals surface area contributed by atoms with Crippen LogP contribution in [0.15, 0.2) is 66.9 Å². The second-order valence-corrected chi connectivity index (χ2v) is 13.5. The number of pyridine rings is 1. The van der Waals surface area contributed by atoms with Gasteiger partial charge in [0.1, 0.15) is 28.0 Å². The molecule has 3 aromatic rings. The lowest BCUT2D eigenvalue weighted by molar-refractivity contribution is -0.121. The van der Waals surface area contributed by atoms with Crippen LogP contribution in [0.25, 0.3) is 0 Å². The topological polar surface area (TPSA) is 93.6 Å². The molecule has 1 saturated heterocycles. The zero-order valence-corrected chi connectivity index (χ0v) is 22.8. The molecule has 0 aliphatic carbocycles. The van der Waals surface area contributed by atoms with E-state index in [1.165, 1.54) is 0 Å². The fraction of sp³-hybridized carbons (Fsp3) is 0.367. The number of aromatic nitrogens is 1. The standard InChI is InChI=1S/C30H32N2O5S/c1-29(2)24-17-22(26(33)19-30(3)12-15-38(35,36)16-13-30)9-10-25(24)32(28(29)34)27-18-23(11-14-31-27)37-20-21-7-5-4-6-8-21/h4-11,14,17-18H,12-13,15-16,19-20H2,1-3H3. The van der Waals surface area contributed by atoms with Crippen molar-refractivity contribution in [2.75, 3.05) is 16.4 Å². The minimum absolute atomic E-state index is 0.0364. The normalized spacial score (nSPS) is 19.1. The van der Waals surface area contributed by atoms with Crippen LogP contribution in [-0.2, 0) is 26.7 Å². The van der Waals surface area contributed by atoms with E-state index >= 15 is 0 Å². The number of carbonyl (C=O) groups excluding carboxylic acids is 2. The van der Waals surface area contributed by atoms with E-state index in [0.717, 1.165) is 11.1 Å². The third-order valence-corrected chi connectivity index (χ3v) is 9.44. The summed E-state index contributed by atoms with van der Waals surface area (Å²) >= 11 is 0. The van der Waals surface area contributed by atoms with Gasteiger partial charge in [0, 0.05) is 24.2 Å². The fourth-order valence-corrected chi connectivity index (χ4v) is 7.00. The molecule has 0 atom stereocenters. The largest absolute Gasteiger partial charge is 0.489 e. The second-order valence-electron chi connectivity index (χ2n) is 11.2. The Balaban J connectivity index is 1.38. The van der Waals surface area contributed by atoms with Crippen LogP contribution in [-0.4, -0.2) is 36.6 Å². The van der Waals surface area contributed by atoms with E-state index in [9.17, 15) is 18.0 Å². The van der Waals surface area contributed by atoms with Gasteiger partial charge in [-0.1, -0.05) is 37.3 Å². The molecule has 198 valence electrons. The maximum atomic E-state index is 13.6. The molecule has 5 rings (SSSR count). The zero-order valence-electron chi connectivity index (χ0n) is 21.9. The molecule has 0 bridgehead atoms. The molecule has 0 saturated carbocycles. The summed E-state index contributed by atoms with van der Waals surface area (Å²) in [5.41, 5.74) is 1.84. The molecule has 2 aliphatic rings. The van der Waals surface area contributed by atoms with Gasteiger partial charge in [0.2, 0.25) is 5.91 Å². The van der Waals surface area contributed by atoms with Gasteiger partial charge in [0.25, 0.3) is 0 Å². The fourth-order valence-electron chi connectivity index (χ4n) is 5.19. The van der Waals surface area contributed by atoms with Crippen LogP contribution in [0.1, 0.15) is 61.5 Å². The number of rotatable bonds is 7. The highest BCUT2D eigenvalue weighted by Crippen LogP contribution is 2.46. The van der Waals surface area contributed by atoms with Crippen LogP contribution in [0.3, 0.4) is 0 Å². The minimum atomic E-state index is -3.01. The Kier molecular flexibility index (Phi) is 6.63. The summed E-state index contributed by atoms with van der Waals surface area (Å²) in [6, 6.07) is 18.7. The molecular weight excluding hydrogens is 500 g/mol. The van der Waals surface area contributed by atoms with Crippen LogP contribution in [0.5, 0.6) is 5.75 Å². The number of Topliss-reactive ketones (excluding diaryl/α,β-unsaturated/α-hetero) is 1. The van der Waals surface area contributed by atoms with Crippen LogP contribution >= 0.6 is 0 Å². The van der Waals surface area contributed by atoms with Crippen molar-refractivity contribution in [3.63, 3.8) is 0 Å². The Bertz CT molecular complexity index is 1480. The molecule has 7 nitrogen and oxygen atoms in total. The number of amides is 1. The highest BCUT2D eigenvalue weighted by molar-refractivity contribution is 7.91. The van der Waals surface area contributed by atoms with Crippen molar-refractivity contribution in [2.45, 2.75) is 52.1 Å². The quantitative estimate of drug-likeness (QED) is 0.378. The van der Waals surface area contributed by atoms with E-state index in [4.69, 9.17) is 4.74 Å². The van der Waals surface area contributed by atoms with Crippen molar-refractivity contribution < 1.29 is 22.7 Å². The van der Waals surface area contributed by atoms with Crippen LogP contribution in [0.2, 0.25) is 0 Å². The predicted octanol–water partition coefficient (Wildman–Crippen LogP) is 5.40. The van der Waals surface area contributed by atoms with Crippen molar-refractivity contribution in [1.82, 2.24) is 4.98 Å². The summed E-state index contributed by atoms with van der Waals surface area (Å²) in [6.07, 6.45) is 2.87. The lowest BCUT2D eigenvalue weighted by Gasteiger charge is -2.32. The maximum Gasteiger partial charge on any atom is 0.242 e. The lowest BCUT2D eigenvalue weighted by Crippen LogP contribution is -2.33. The van der Waals surface area contributed by atoms with E-state index < -0.39 is 15.3 Å². The summed E-state index contributed by atoms with van der Waals surface area (Å²) in [7, 11) is -3.01. The molecule has 38 heavy (non-hydrogen) atoms. The van der Waals surface area contributed by atoms with Crippen LogP contribution < -0.4 is 9.64 Å². The lowest BCUT2D eigenvalue weighted by atomic mass is 9.78. The molecule has 2 aliphatic heterocycles. The third kappa shape index (κ3) is 5.10. The molecule has 0 unspecified atom stereocenters. The molecule has 1 amide bonds. The summed E-state index contributed by atoms with van der Waals surface area (Å²) < 4.78 is 29.7. The Morgan fingerprint density at radius 1 is 1.00 bits per heavy atom. The van der Waals surface area contributed by atoms with Crippen LogP contribution in [0, 0.1) is 5.41 Å². The summed E-state index contributed by atoms with van der Waals surface area (Å²) in [4.78, 5) is 32.9. The zero-order chi connectivity index (χ0) is 27.1. The molecule has 1 fully saturated rings. The number of hydrogen-bond acceptors (Lipinski definition) is 6. The maximum absolute atomic E-state index is 13.6. The first-order valence-electron chi connectivity index (χ1n) is 12.8. The molecule has 1 aromatic heterocycles. The van der Waals surface area contributed by atoms with E-state index in [2.05, 4.69) is 4.98 Å². The van der Waals surface area contributed by atoms with Crippen molar-refractivity contribution in [3.8, 4) is 5.75 Å². The predicted molar refractivity (Wildman–Crippen MR) is 147 cm³/mol. The van der Waals surface area contributed by atoms with Gasteiger partial charge >= 0.3 is 0 Å². The van der Waals surface area contributed by atoms with Gasteiger partial charge in [0.05, 0.1) is 22.6 Å². The monoisotopic (exact) mass is 532 g/mol. The van der Waals surface area contributed by atoms with Gasteiger partial charge in [0.15, 0.2) is 5.78 Å². The van der Waals surface area contributed by atoms with Gasteiger partial charge in [-0.3, -0.25) is 14.5 Å². The highest BCUT2D eigenvalue weighted by Gasteiger charge is 2.45. The summed E-state index contributed by atoms with van der Waals surface area (Å²) in [6.45, 7) is 6.09. The van der Waals surface area contributed by atoms with Gasteiger partial charge in [-0.05, 0) is 67.5 Å². The molecule has 0 N–H and O–H groups in total. The van der Waals surface area contributed by atoms with E-state index in [1.807, 2.05) is 63.2 Å². The molecule has 8 heteroatoms. The number of hydrogen-bond donors (Lipinski definition) is 0. The average molecular weight is 533 g/mol. The van der Waals surface area contributed by atoms with Crippen molar-refractivity contribution in [1.29, 1.82) is 0 Å². The van der Waals surface area contributed by atoms with Crippen molar-refractivity contribution in [2.24, 2.45) is 5.41 Å². The van der Waals surface area contributed by atoms with Gasteiger partial charge in [-0.2, -0.15) is 0 Å². The number of ketones is 1. The second kappa shape index (κ2) is 9.66. The Morgan fingerprint density at radius 3 is 2.42 bits per heavy atom. The van der Waals surface area contributed by atoms with E-state index in [1.54, 1.807) is 29.3 Å². The average Bonchev–Trinajstić information content (AvgIpc) is 3.10. The third-order valence-electron chi connectivity index (χ3n) is 7.79. The summed E-state index contributed by atoms with van der Waals surface area (Å²) in [5, 5.41) is 0. The molecular formula is C30H32N2O5S. The molecule has 2 aromatic carbocycles. The number of carbonyl (C=O) groups is 2. The number of fused-ring (bicyclic) bond motifs is 1. The minimum Gasteiger partial charge on any atom is -0.489 e. The van der Waals surface area contributed by atoms with E-state index in [0.29, 0.717) is 42.3 Å². The summed E-state index contributed by atoms with van der Waals surface area (Å²) in [5.74, 6) is 1.15. The SMILES string of the molecule is CC1(CC(=O)c2ccc3c(c2)C(C)(C)C(=O)N3c2cc(OCc3ccccc3)ccn2)CCS(=O)(=O)CC1. The first-order valence-corrected chi connectivity index (χ1v) is 14.7. The van der Waals surface area contributed by atoms with E-state index in [-0.39, 0.29) is 35.0 Å². The Morgan fingerprint density at radius 2 is 1.71 bits per heavy atom. The number of sulfone groups is 1. The smallest absolute Gasteiger partial charge is 0.242 e. The van der Waals surface area contributed by atoms with Crippen LogP contribution in [0.4, 0.5) is 11.5 Å². The van der Waals surface area contributed by atoms with Gasteiger partial charge in [-0.15, -0.1) is 0 Å². The first-order chi connectivity index (χ1) is 18.0. The molecule has 0 radical (unpaired) electrons. The number of nitrogens with zero attached hydrogens (tertiary/aromatic N) is 2. The van der Waals surface area contributed by atoms with Gasteiger partial charge in [-0.25, -0.2) is 13.4 Å². The Hall–Kier alpha value is -3.52.